The number of thioether (sulfide) groups is 1. The molecule has 0 atom stereocenters. The molecule has 0 spiro atoms. The SMILES string of the molecule is BrCC1(CSc2ncc[nH]2)CCCCCC1. The van der Waals surface area contributed by atoms with Crippen LogP contribution in [0.25, 0.3) is 0 Å². The lowest BCUT2D eigenvalue weighted by molar-refractivity contribution is 0.334. The van der Waals surface area contributed by atoms with Gasteiger partial charge in [-0.3, -0.25) is 0 Å². The monoisotopic (exact) mass is 302 g/mol. The Morgan fingerprint density at radius 2 is 2.06 bits per heavy atom. The zero-order valence-corrected chi connectivity index (χ0v) is 11.9. The number of halogens is 1. The first-order valence-electron chi connectivity index (χ1n) is 6.03. The molecule has 0 radical (unpaired) electrons. The number of nitrogens with one attached hydrogen (secondary N) is 1. The Balaban J connectivity index is 1.92. The highest BCUT2D eigenvalue weighted by molar-refractivity contribution is 9.09. The third-order valence-electron chi connectivity index (χ3n) is 3.44. The molecule has 1 fully saturated rings. The molecule has 1 aromatic heterocycles. The van der Waals surface area contributed by atoms with E-state index in [-0.39, 0.29) is 0 Å². The molecular weight excluding hydrogens is 284 g/mol. The average molecular weight is 303 g/mol. The molecule has 0 amide bonds. The highest BCUT2D eigenvalue weighted by Gasteiger charge is 2.30. The van der Waals surface area contributed by atoms with Crippen LogP contribution in [-0.2, 0) is 0 Å². The number of hydrogen-bond acceptors (Lipinski definition) is 2. The van der Waals surface area contributed by atoms with Gasteiger partial charge in [0.1, 0.15) is 0 Å². The number of aromatic amines is 1. The van der Waals surface area contributed by atoms with Gasteiger partial charge in [0.05, 0.1) is 0 Å². The lowest BCUT2D eigenvalue weighted by Crippen LogP contribution is -2.25. The van der Waals surface area contributed by atoms with Gasteiger partial charge in [-0.25, -0.2) is 4.98 Å². The fourth-order valence-electron chi connectivity index (χ4n) is 2.35. The van der Waals surface area contributed by atoms with E-state index in [1.807, 2.05) is 24.2 Å². The summed E-state index contributed by atoms with van der Waals surface area (Å²) in [6.45, 7) is 0. The van der Waals surface area contributed by atoms with E-state index in [0.29, 0.717) is 5.41 Å². The van der Waals surface area contributed by atoms with Crippen molar-refractivity contribution in [1.29, 1.82) is 0 Å². The minimum absolute atomic E-state index is 0.494. The number of imidazole rings is 1. The molecule has 0 unspecified atom stereocenters. The quantitative estimate of drug-likeness (QED) is 0.512. The van der Waals surface area contributed by atoms with Crippen LogP contribution in [0.5, 0.6) is 0 Å². The molecule has 0 saturated heterocycles. The van der Waals surface area contributed by atoms with E-state index in [0.717, 1.165) is 10.5 Å². The smallest absolute Gasteiger partial charge is 0.165 e. The summed E-state index contributed by atoms with van der Waals surface area (Å²) in [4.78, 5) is 7.45. The van der Waals surface area contributed by atoms with Crippen LogP contribution in [0.15, 0.2) is 17.6 Å². The number of aromatic nitrogens is 2. The van der Waals surface area contributed by atoms with E-state index in [1.54, 1.807) is 0 Å². The van der Waals surface area contributed by atoms with Crippen molar-refractivity contribution in [3.63, 3.8) is 0 Å². The van der Waals surface area contributed by atoms with Crippen LogP contribution in [0.3, 0.4) is 0 Å². The van der Waals surface area contributed by atoms with Gasteiger partial charge in [0.25, 0.3) is 0 Å². The lowest BCUT2D eigenvalue weighted by Gasteiger charge is -2.29. The maximum atomic E-state index is 4.28. The molecule has 16 heavy (non-hydrogen) atoms. The number of alkyl halides is 1. The van der Waals surface area contributed by atoms with E-state index < -0.39 is 0 Å². The second kappa shape index (κ2) is 6.10. The topological polar surface area (TPSA) is 28.7 Å². The summed E-state index contributed by atoms with van der Waals surface area (Å²) in [5.74, 6) is 1.19. The van der Waals surface area contributed by atoms with Crippen molar-refractivity contribution in [3.8, 4) is 0 Å². The molecule has 0 aliphatic heterocycles. The van der Waals surface area contributed by atoms with Gasteiger partial charge in [0, 0.05) is 23.5 Å². The second-order valence-corrected chi connectivity index (χ2v) is 6.26. The van der Waals surface area contributed by atoms with Crippen LogP contribution in [-0.4, -0.2) is 21.1 Å². The average Bonchev–Trinajstić information content (AvgIpc) is 2.72. The number of hydrogen-bond donors (Lipinski definition) is 1. The van der Waals surface area contributed by atoms with Crippen LogP contribution in [0, 0.1) is 5.41 Å². The summed E-state index contributed by atoms with van der Waals surface area (Å²) in [5.41, 5.74) is 0.494. The van der Waals surface area contributed by atoms with Gasteiger partial charge in [-0.15, -0.1) is 0 Å². The van der Waals surface area contributed by atoms with Gasteiger partial charge >= 0.3 is 0 Å². The third-order valence-corrected chi connectivity index (χ3v) is 5.88. The normalized spacial score (nSPS) is 20.6. The molecule has 0 bridgehead atoms. The first kappa shape index (κ1) is 12.5. The predicted octanol–water partition coefficient (Wildman–Crippen LogP) is 4.24. The Bertz CT molecular complexity index is 292. The fraction of sp³-hybridized carbons (Fsp3) is 0.750. The summed E-state index contributed by atoms with van der Waals surface area (Å²) in [6.07, 6.45) is 12.1. The Morgan fingerprint density at radius 3 is 2.62 bits per heavy atom. The van der Waals surface area contributed by atoms with E-state index in [1.165, 1.54) is 44.3 Å². The summed E-state index contributed by atoms with van der Waals surface area (Å²) in [7, 11) is 0. The van der Waals surface area contributed by atoms with Crippen LogP contribution >= 0.6 is 27.7 Å². The first-order chi connectivity index (χ1) is 7.85. The van der Waals surface area contributed by atoms with Gasteiger partial charge in [-0.1, -0.05) is 53.4 Å². The van der Waals surface area contributed by atoms with Gasteiger partial charge in [0.15, 0.2) is 5.16 Å². The fourth-order valence-corrected chi connectivity index (χ4v) is 4.49. The molecule has 1 aromatic rings. The van der Waals surface area contributed by atoms with Gasteiger partial charge in [-0.2, -0.15) is 0 Å². The summed E-state index contributed by atoms with van der Waals surface area (Å²) in [6, 6.07) is 0. The predicted molar refractivity (Wildman–Crippen MR) is 73.2 cm³/mol. The Hall–Kier alpha value is 0.0400. The molecule has 4 heteroatoms. The number of rotatable bonds is 4. The largest absolute Gasteiger partial charge is 0.340 e. The maximum absolute atomic E-state index is 4.28. The van der Waals surface area contributed by atoms with Crippen molar-refractivity contribution >= 4 is 27.7 Å². The molecule has 1 aliphatic carbocycles. The Kier molecular flexibility index (Phi) is 4.77. The van der Waals surface area contributed by atoms with Crippen LogP contribution in [0.2, 0.25) is 0 Å². The van der Waals surface area contributed by atoms with Crippen LogP contribution < -0.4 is 0 Å². The number of nitrogens with zero attached hydrogens (tertiary/aromatic N) is 1. The lowest BCUT2D eigenvalue weighted by atomic mass is 9.85. The molecule has 2 nitrogen and oxygen atoms in total. The van der Waals surface area contributed by atoms with Crippen molar-refractivity contribution in [2.45, 2.75) is 43.7 Å². The van der Waals surface area contributed by atoms with Crippen molar-refractivity contribution < 1.29 is 0 Å². The molecular formula is C12H19BrN2S. The van der Waals surface area contributed by atoms with Crippen molar-refractivity contribution in [2.24, 2.45) is 5.41 Å². The standard InChI is InChI=1S/C12H19BrN2S/c13-9-12(5-3-1-2-4-6-12)10-16-11-14-7-8-15-11/h7-8H,1-6,9-10H2,(H,14,15). The van der Waals surface area contributed by atoms with Crippen molar-refractivity contribution in [3.05, 3.63) is 12.4 Å². The zero-order chi connectivity index (χ0) is 11.3. The minimum atomic E-state index is 0.494. The molecule has 1 aliphatic rings. The van der Waals surface area contributed by atoms with E-state index in [2.05, 4.69) is 25.9 Å². The maximum Gasteiger partial charge on any atom is 0.165 e. The Morgan fingerprint density at radius 1 is 1.31 bits per heavy atom. The molecule has 0 aromatic carbocycles. The van der Waals surface area contributed by atoms with Crippen molar-refractivity contribution in [2.75, 3.05) is 11.1 Å². The molecule has 1 saturated carbocycles. The first-order valence-corrected chi connectivity index (χ1v) is 8.14. The van der Waals surface area contributed by atoms with Crippen LogP contribution in [0.4, 0.5) is 0 Å². The molecule has 90 valence electrons. The van der Waals surface area contributed by atoms with Gasteiger partial charge in [-0.05, 0) is 18.3 Å². The summed E-state index contributed by atoms with van der Waals surface area (Å²) < 4.78 is 0. The summed E-state index contributed by atoms with van der Waals surface area (Å²) in [5, 5.41) is 2.19. The molecule has 1 heterocycles. The number of H-pyrrole nitrogens is 1. The van der Waals surface area contributed by atoms with Gasteiger partial charge < -0.3 is 4.98 Å². The van der Waals surface area contributed by atoms with E-state index in [9.17, 15) is 0 Å². The third kappa shape index (κ3) is 3.27. The second-order valence-electron chi connectivity index (χ2n) is 4.73. The van der Waals surface area contributed by atoms with E-state index in [4.69, 9.17) is 0 Å². The van der Waals surface area contributed by atoms with E-state index >= 15 is 0 Å². The molecule has 1 N–H and O–H groups in total. The van der Waals surface area contributed by atoms with Crippen molar-refractivity contribution in [1.82, 2.24) is 9.97 Å². The highest BCUT2D eigenvalue weighted by Crippen LogP contribution is 2.40. The summed E-state index contributed by atoms with van der Waals surface area (Å²) >= 11 is 5.59. The minimum Gasteiger partial charge on any atom is -0.340 e. The zero-order valence-electron chi connectivity index (χ0n) is 9.54. The Labute approximate surface area is 110 Å². The highest BCUT2D eigenvalue weighted by atomic mass is 79.9. The molecule has 2 rings (SSSR count). The van der Waals surface area contributed by atoms with Crippen LogP contribution in [0.1, 0.15) is 38.5 Å². The van der Waals surface area contributed by atoms with Gasteiger partial charge in [0.2, 0.25) is 0 Å².